The lowest BCUT2D eigenvalue weighted by atomic mass is 9.95. The van der Waals surface area contributed by atoms with Gasteiger partial charge in [-0.25, -0.2) is 0 Å². The van der Waals surface area contributed by atoms with E-state index in [9.17, 15) is 4.79 Å². The van der Waals surface area contributed by atoms with E-state index in [0.717, 1.165) is 43.5 Å². The van der Waals surface area contributed by atoms with Crippen LogP contribution in [0.5, 0.6) is 0 Å². The molecule has 0 atom stereocenters. The third-order valence-corrected chi connectivity index (χ3v) is 4.15. The van der Waals surface area contributed by atoms with Crippen LogP contribution in [0.25, 0.3) is 10.8 Å². The van der Waals surface area contributed by atoms with Crippen LogP contribution < -0.4 is 5.32 Å². The van der Waals surface area contributed by atoms with Crippen molar-refractivity contribution in [3.63, 3.8) is 0 Å². The van der Waals surface area contributed by atoms with Crippen molar-refractivity contribution in [2.45, 2.75) is 25.7 Å². The number of amides is 1. The van der Waals surface area contributed by atoms with Crippen LogP contribution in [0.1, 0.15) is 25.7 Å². The van der Waals surface area contributed by atoms with Gasteiger partial charge in [0, 0.05) is 25.3 Å². The van der Waals surface area contributed by atoms with E-state index < -0.39 is 0 Å². The molecule has 0 aromatic heterocycles. The van der Waals surface area contributed by atoms with E-state index in [1.807, 2.05) is 30.3 Å². The molecule has 2 aromatic rings. The molecule has 1 aliphatic rings. The molecular formula is C18H21NO2. The van der Waals surface area contributed by atoms with Crippen LogP contribution in [0.3, 0.4) is 0 Å². The third-order valence-electron chi connectivity index (χ3n) is 4.15. The van der Waals surface area contributed by atoms with Gasteiger partial charge >= 0.3 is 0 Å². The number of hydrogen-bond acceptors (Lipinski definition) is 2. The Morgan fingerprint density at radius 3 is 2.67 bits per heavy atom. The molecule has 0 saturated carbocycles. The maximum Gasteiger partial charge on any atom is 0.224 e. The molecule has 0 spiro atoms. The van der Waals surface area contributed by atoms with E-state index in [1.54, 1.807) is 0 Å². The number of anilines is 1. The normalized spacial score (nSPS) is 16.0. The number of hydrogen-bond donors (Lipinski definition) is 1. The third kappa shape index (κ3) is 3.82. The van der Waals surface area contributed by atoms with Crippen molar-refractivity contribution in [2.75, 3.05) is 18.5 Å². The summed E-state index contributed by atoms with van der Waals surface area (Å²) in [6.45, 7) is 1.69. The summed E-state index contributed by atoms with van der Waals surface area (Å²) in [5, 5.41) is 5.35. The minimum Gasteiger partial charge on any atom is -0.381 e. The van der Waals surface area contributed by atoms with E-state index in [2.05, 4.69) is 17.4 Å². The van der Waals surface area contributed by atoms with Crippen molar-refractivity contribution in [2.24, 2.45) is 5.92 Å². The van der Waals surface area contributed by atoms with E-state index in [-0.39, 0.29) is 5.91 Å². The summed E-state index contributed by atoms with van der Waals surface area (Å²) in [6, 6.07) is 14.2. The fourth-order valence-corrected chi connectivity index (χ4v) is 2.86. The average Bonchev–Trinajstić information content (AvgIpc) is 2.54. The van der Waals surface area contributed by atoms with Crippen LogP contribution in [0.2, 0.25) is 0 Å². The summed E-state index contributed by atoms with van der Waals surface area (Å²) in [4.78, 5) is 12.0. The molecule has 1 saturated heterocycles. The molecule has 1 aliphatic heterocycles. The predicted molar refractivity (Wildman–Crippen MR) is 85.4 cm³/mol. The first-order chi connectivity index (χ1) is 10.3. The number of carbonyl (C=O) groups is 1. The maximum atomic E-state index is 12.0. The molecule has 0 radical (unpaired) electrons. The lowest BCUT2D eigenvalue weighted by Gasteiger charge is -2.21. The van der Waals surface area contributed by atoms with Crippen LogP contribution in [0, 0.1) is 5.92 Å². The number of benzene rings is 2. The summed E-state index contributed by atoms with van der Waals surface area (Å²) in [5.41, 5.74) is 0.880. The summed E-state index contributed by atoms with van der Waals surface area (Å²) < 4.78 is 5.34. The van der Waals surface area contributed by atoms with Crippen molar-refractivity contribution in [1.82, 2.24) is 0 Å². The summed E-state index contributed by atoms with van der Waals surface area (Å²) >= 11 is 0. The van der Waals surface area contributed by atoms with Gasteiger partial charge in [-0.15, -0.1) is 0 Å². The zero-order valence-corrected chi connectivity index (χ0v) is 12.2. The molecule has 1 N–H and O–H groups in total. The summed E-state index contributed by atoms with van der Waals surface area (Å²) in [7, 11) is 0. The molecule has 1 heterocycles. The number of fused-ring (bicyclic) bond motifs is 1. The minimum atomic E-state index is 0.108. The first kappa shape index (κ1) is 14.1. The summed E-state index contributed by atoms with van der Waals surface area (Å²) in [5.74, 6) is 0.748. The van der Waals surface area contributed by atoms with Crippen LogP contribution in [-0.4, -0.2) is 19.1 Å². The van der Waals surface area contributed by atoms with E-state index in [1.165, 1.54) is 5.39 Å². The molecule has 0 unspecified atom stereocenters. The quantitative estimate of drug-likeness (QED) is 0.921. The molecule has 1 amide bonds. The highest BCUT2D eigenvalue weighted by molar-refractivity contribution is 5.94. The molecule has 21 heavy (non-hydrogen) atoms. The molecule has 0 aliphatic carbocycles. The Hall–Kier alpha value is -1.87. The van der Waals surface area contributed by atoms with Gasteiger partial charge < -0.3 is 10.1 Å². The van der Waals surface area contributed by atoms with Crippen molar-refractivity contribution in [3.05, 3.63) is 42.5 Å². The average molecular weight is 283 g/mol. The van der Waals surface area contributed by atoms with Crippen LogP contribution in [-0.2, 0) is 9.53 Å². The number of carbonyl (C=O) groups excluding carboxylic acids is 1. The first-order valence-corrected chi connectivity index (χ1v) is 7.68. The maximum absolute atomic E-state index is 12.0. The second-order valence-electron chi connectivity index (χ2n) is 5.70. The molecule has 0 bridgehead atoms. The Labute approximate surface area is 125 Å². The standard InChI is InChI=1S/C18H21NO2/c20-18(8-5-14-9-11-21-12-10-14)19-17-7-6-15-3-1-2-4-16(15)13-17/h1-4,6-7,13-14H,5,8-12H2,(H,19,20). The molecule has 3 rings (SSSR count). The monoisotopic (exact) mass is 283 g/mol. The lowest BCUT2D eigenvalue weighted by Crippen LogP contribution is -2.18. The Kier molecular flexibility index (Phi) is 4.51. The van der Waals surface area contributed by atoms with Gasteiger partial charge in [-0.05, 0) is 48.1 Å². The molecule has 1 fully saturated rings. The fraction of sp³-hybridized carbons (Fsp3) is 0.389. The fourth-order valence-electron chi connectivity index (χ4n) is 2.86. The number of rotatable bonds is 4. The molecule has 3 heteroatoms. The van der Waals surface area contributed by atoms with Crippen LogP contribution in [0.15, 0.2) is 42.5 Å². The number of nitrogens with one attached hydrogen (secondary N) is 1. The van der Waals surface area contributed by atoms with Crippen molar-refractivity contribution >= 4 is 22.4 Å². The molecule has 110 valence electrons. The Bertz CT molecular complexity index is 617. The molecular weight excluding hydrogens is 262 g/mol. The predicted octanol–water partition coefficient (Wildman–Crippen LogP) is 3.99. The smallest absolute Gasteiger partial charge is 0.224 e. The van der Waals surface area contributed by atoms with Crippen molar-refractivity contribution < 1.29 is 9.53 Å². The van der Waals surface area contributed by atoms with Gasteiger partial charge in [0.1, 0.15) is 0 Å². The van der Waals surface area contributed by atoms with Gasteiger partial charge in [-0.3, -0.25) is 4.79 Å². The Morgan fingerprint density at radius 2 is 1.86 bits per heavy atom. The van der Waals surface area contributed by atoms with Crippen molar-refractivity contribution in [1.29, 1.82) is 0 Å². The number of ether oxygens (including phenoxy) is 1. The van der Waals surface area contributed by atoms with Crippen LogP contribution >= 0.6 is 0 Å². The highest BCUT2D eigenvalue weighted by Crippen LogP contribution is 2.22. The largest absolute Gasteiger partial charge is 0.381 e. The van der Waals surface area contributed by atoms with Crippen LogP contribution in [0.4, 0.5) is 5.69 Å². The second-order valence-corrected chi connectivity index (χ2v) is 5.70. The van der Waals surface area contributed by atoms with Gasteiger partial charge in [-0.1, -0.05) is 30.3 Å². The zero-order valence-electron chi connectivity index (χ0n) is 12.2. The van der Waals surface area contributed by atoms with E-state index in [4.69, 9.17) is 4.74 Å². The van der Waals surface area contributed by atoms with E-state index in [0.29, 0.717) is 12.3 Å². The summed E-state index contributed by atoms with van der Waals surface area (Å²) in [6.07, 6.45) is 3.73. The highest BCUT2D eigenvalue weighted by Gasteiger charge is 2.15. The Balaban J connectivity index is 1.55. The Morgan fingerprint density at radius 1 is 1.10 bits per heavy atom. The van der Waals surface area contributed by atoms with Gasteiger partial charge in [0.05, 0.1) is 0 Å². The molecule has 2 aromatic carbocycles. The highest BCUT2D eigenvalue weighted by atomic mass is 16.5. The zero-order chi connectivity index (χ0) is 14.5. The van der Waals surface area contributed by atoms with Gasteiger partial charge in [0.15, 0.2) is 0 Å². The first-order valence-electron chi connectivity index (χ1n) is 7.68. The van der Waals surface area contributed by atoms with E-state index >= 15 is 0 Å². The van der Waals surface area contributed by atoms with Gasteiger partial charge in [0.2, 0.25) is 5.91 Å². The van der Waals surface area contributed by atoms with Crippen molar-refractivity contribution in [3.8, 4) is 0 Å². The SMILES string of the molecule is O=C(CCC1CCOCC1)Nc1ccc2ccccc2c1. The van der Waals surface area contributed by atoms with Gasteiger partial charge in [0.25, 0.3) is 0 Å². The second kappa shape index (κ2) is 6.72. The lowest BCUT2D eigenvalue weighted by molar-refractivity contribution is -0.116. The topological polar surface area (TPSA) is 38.3 Å². The minimum absolute atomic E-state index is 0.108. The van der Waals surface area contributed by atoms with Gasteiger partial charge in [-0.2, -0.15) is 0 Å². The molecule has 3 nitrogen and oxygen atoms in total.